The maximum atomic E-state index is 12.6. The van der Waals surface area contributed by atoms with Crippen LogP contribution in [0.15, 0.2) is 18.3 Å². The molecule has 0 aliphatic carbocycles. The molecule has 0 atom stereocenters. The number of H-pyrrole nitrogens is 1. The number of aromatic nitrogens is 1. The molecule has 0 radical (unpaired) electrons. The fourth-order valence-electron chi connectivity index (χ4n) is 2.47. The van der Waals surface area contributed by atoms with Crippen LogP contribution in [-0.2, 0) is 6.18 Å². The molecule has 1 saturated heterocycles. The Morgan fingerprint density at radius 3 is 2.42 bits per heavy atom. The van der Waals surface area contributed by atoms with Crippen LogP contribution in [0, 0.1) is 0 Å². The van der Waals surface area contributed by atoms with Gasteiger partial charge in [0.15, 0.2) is 5.11 Å². The van der Waals surface area contributed by atoms with E-state index in [1.54, 1.807) is 0 Å². The van der Waals surface area contributed by atoms with Crippen LogP contribution in [0.3, 0.4) is 0 Å². The number of pyridine rings is 1. The van der Waals surface area contributed by atoms with Gasteiger partial charge in [-0.3, -0.25) is 4.90 Å². The molecular weight excluding hydrogens is 339 g/mol. The first-order valence-electron chi connectivity index (χ1n) is 7.93. The SMILES string of the molecule is C[NH+](C)CCNC(=S)N1CCN(c2ccc(C(F)(F)F)c[nH+]2)CC1. The molecule has 3 N–H and O–H groups in total. The summed E-state index contributed by atoms with van der Waals surface area (Å²) in [4.78, 5) is 8.22. The zero-order valence-electron chi connectivity index (χ0n) is 13.9. The summed E-state index contributed by atoms with van der Waals surface area (Å²) in [6, 6.07) is 2.59. The van der Waals surface area contributed by atoms with Crippen LogP contribution in [0.5, 0.6) is 0 Å². The molecule has 0 aromatic carbocycles. The summed E-state index contributed by atoms with van der Waals surface area (Å²) in [5, 5.41) is 3.99. The van der Waals surface area contributed by atoms with Gasteiger partial charge in [0, 0.05) is 6.07 Å². The summed E-state index contributed by atoms with van der Waals surface area (Å²) >= 11 is 5.39. The van der Waals surface area contributed by atoms with Crippen molar-refractivity contribution >= 4 is 23.1 Å². The number of nitrogens with zero attached hydrogens (tertiary/aromatic N) is 2. The Hall–Kier alpha value is -1.61. The van der Waals surface area contributed by atoms with E-state index in [0.717, 1.165) is 43.6 Å². The lowest BCUT2D eigenvalue weighted by Gasteiger charge is -2.32. The molecule has 5 nitrogen and oxygen atoms in total. The lowest BCUT2D eigenvalue weighted by molar-refractivity contribution is -0.856. The number of hydrogen-bond acceptors (Lipinski definition) is 2. The van der Waals surface area contributed by atoms with Gasteiger partial charge < -0.3 is 15.1 Å². The number of piperazine rings is 1. The second kappa shape index (κ2) is 7.98. The number of alkyl halides is 3. The van der Waals surface area contributed by atoms with Gasteiger partial charge in [-0.15, -0.1) is 0 Å². The summed E-state index contributed by atoms with van der Waals surface area (Å²) in [5.41, 5.74) is -0.668. The van der Waals surface area contributed by atoms with Gasteiger partial charge in [0.25, 0.3) is 5.82 Å². The van der Waals surface area contributed by atoms with Crippen molar-refractivity contribution in [1.29, 1.82) is 0 Å². The number of hydrogen-bond donors (Lipinski definition) is 2. The minimum atomic E-state index is -4.32. The van der Waals surface area contributed by atoms with Gasteiger partial charge in [-0.2, -0.15) is 13.2 Å². The Labute approximate surface area is 145 Å². The second-order valence-electron chi connectivity index (χ2n) is 6.12. The van der Waals surface area contributed by atoms with Gasteiger partial charge in [-0.1, -0.05) is 0 Å². The van der Waals surface area contributed by atoms with E-state index in [1.165, 1.54) is 11.0 Å². The average molecular weight is 363 g/mol. The zero-order chi connectivity index (χ0) is 17.7. The molecule has 1 aliphatic rings. The Bertz CT molecular complexity index is 539. The van der Waals surface area contributed by atoms with Crippen molar-refractivity contribution in [2.24, 2.45) is 0 Å². The predicted octanol–water partition coefficient (Wildman–Crippen LogP) is -0.339. The molecule has 1 aromatic rings. The fourth-order valence-corrected chi connectivity index (χ4v) is 2.76. The van der Waals surface area contributed by atoms with Crippen molar-refractivity contribution in [3.05, 3.63) is 23.9 Å². The van der Waals surface area contributed by atoms with E-state index in [0.29, 0.717) is 18.9 Å². The molecule has 0 spiro atoms. The summed E-state index contributed by atoms with van der Waals surface area (Å²) in [6.07, 6.45) is -3.31. The third-order valence-electron chi connectivity index (χ3n) is 3.93. The van der Waals surface area contributed by atoms with E-state index < -0.39 is 11.7 Å². The van der Waals surface area contributed by atoms with Crippen molar-refractivity contribution in [3.8, 4) is 0 Å². The second-order valence-corrected chi connectivity index (χ2v) is 6.51. The molecule has 0 amide bonds. The highest BCUT2D eigenvalue weighted by Gasteiger charge is 2.32. The smallest absolute Gasteiger partial charge is 0.357 e. The fraction of sp³-hybridized carbons (Fsp3) is 0.600. The van der Waals surface area contributed by atoms with Crippen LogP contribution < -0.4 is 20.1 Å². The normalized spacial score (nSPS) is 15.8. The van der Waals surface area contributed by atoms with E-state index in [1.807, 2.05) is 4.90 Å². The molecule has 9 heteroatoms. The molecule has 2 heterocycles. The Kier molecular flexibility index (Phi) is 6.22. The summed E-state index contributed by atoms with van der Waals surface area (Å²) in [7, 11) is 4.17. The van der Waals surface area contributed by atoms with Gasteiger partial charge in [-0.25, -0.2) is 4.98 Å². The lowest BCUT2D eigenvalue weighted by Crippen LogP contribution is -3.06. The highest BCUT2D eigenvalue weighted by atomic mass is 32.1. The van der Waals surface area contributed by atoms with Crippen LogP contribution in [-0.4, -0.2) is 63.4 Å². The molecule has 134 valence electrons. The van der Waals surface area contributed by atoms with Crippen LogP contribution in [0.25, 0.3) is 0 Å². The van der Waals surface area contributed by atoms with Crippen LogP contribution >= 0.6 is 12.2 Å². The number of quaternary nitrogens is 1. The zero-order valence-corrected chi connectivity index (χ0v) is 14.7. The van der Waals surface area contributed by atoms with Gasteiger partial charge in [-0.05, 0) is 18.3 Å². The summed E-state index contributed by atoms with van der Waals surface area (Å²) < 4.78 is 37.8. The maximum absolute atomic E-state index is 12.6. The van der Waals surface area contributed by atoms with Crippen molar-refractivity contribution < 1.29 is 23.1 Å². The van der Waals surface area contributed by atoms with E-state index in [2.05, 4.69) is 29.3 Å². The van der Waals surface area contributed by atoms with E-state index in [-0.39, 0.29) is 0 Å². The molecule has 1 aromatic heterocycles. The Morgan fingerprint density at radius 2 is 1.92 bits per heavy atom. The molecule has 0 bridgehead atoms. The van der Waals surface area contributed by atoms with Gasteiger partial charge in [0.2, 0.25) is 0 Å². The summed E-state index contributed by atoms with van der Waals surface area (Å²) in [5.74, 6) is 0.692. The molecule has 0 saturated carbocycles. The van der Waals surface area contributed by atoms with Gasteiger partial charge in [0.05, 0.1) is 45.8 Å². The van der Waals surface area contributed by atoms with Gasteiger partial charge in [0.1, 0.15) is 19.3 Å². The van der Waals surface area contributed by atoms with Crippen LogP contribution in [0.1, 0.15) is 5.56 Å². The van der Waals surface area contributed by atoms with E-state index in [4.69, 9.17) is 12.2 Å². The van der Waals surface area contributed by atoms with Crippen LogP contribution in [0.4, 0.5) is 19.0 Å². The van der Waals surface area contributed by atoms with Crippen molar-refractivity contribution in [2.45, 2.75) is 6.18 Å². The largest absolute Gasteiger partial charge is 0.419 e. The average Bonchev–Trinajstić information content (AvgIpc) is 2.54. The number of nitrogens with one attached hydrogen (secondary N) is 3. The standard InChI is InChI=1S/C15H22F3N5S/c1-21(2)6-5-19-14(24)23-9-7-22(8-10-23)13-4-3-12(11-20-13)15(16,17)18/h3-4,11H,5-10H2,1-2H3,(H,19,24)/p+2. The number of aromatic amines is 1. The van der Waals surface area contributed by atoms with E-state index >= 15 is 0 Å². The molecule has 0 unspecified atom stereocenters. The van der Waals surface area contributed by atoms with E-state index in [9.17, 15) is 13.2 Å². The predicted molar refractivity (Wildman–Crippen MR) is 90.1 cm³/mol. The lowest BCUT2D eigenvalue weighted by atomic mass is 10.2. The molecular formula is C15H24F3N5S+2. The molecule has 24 heavy (non-hydrogen) atoms. The molecule has 2 rings (SSSR count). The Morgan fingerprint density at radius 1 is 1.25 bits per heavy atom. The number of anilines is 1. The number of rotatable bonds is 4. The Balaban J connectivity index is 1.83. The van der Waals surface area contributed by atoms with Crippen LogP contribution in [0.2, 0.25) is 0 Å². The molecule has 1 aliphatic heterocycles. The minimum absolute atomic E-state index is 0.668. The van der Waals surface area contributed by atoms with Crippen molar-refractivity contribution in [3.63, 3.8) is 0 Å². The molecule has 1 fully saturated rings. The highest BCUT2D eigenvalue weighted by Crippen LogP contribution is 2.28. The summed E-state index contributed by atoms with van der Waals surface area (Å²) in [6.45, 7) is 4.73. The minimum Gasteiger partial charge on any atom is -0.357 e. The van der Waals surface area contributed by atoms with Gasteiger partial charge >= 0.3 is 6.18 Å². The first-order chi connectivity index (χ1) is 11.3. The monoisotopic (exact) mass is 363 g/mol. The first-order valence-corrected chi connectivity index (χ1v) is 8.34. The van der Waals surface area contributed by atoms with Crippen molar-refractivity contribution in [2.75, 3.05) is 58.3 Å². The third kappa shape index (κ3) is 5.20. The number of likely N-dealkylation sites (N-methyl/N-ethyl adjacent to an activating group) is 1. The highest BCUT2D eigenvalue weighted by molar-refractivity contribution is 7.80. The maximum Gasteiger partial charge on any atom is 0.419 e. The first kappa shape index (κ1) is 18.7. The third-order valence-corrected chi connectivity index (χ3v) is 4.33. The van der Waals surface area contributed by atoms with Crippen molar-refractivity contribution in [1.82, 2.24) is 10.2 Å². The number of thiocarbonyl (C=S) groups is 1. The topological polar surface area (TPSA) is 37.1 Å². The number of halogens is 3. The quantitative estimate of drug-likeness (QED) is 0.718.